The van der Waals surface area contributed by atoms with Gasteiger partial charge in [-0.15, -0.1) is 10.2 Å². The van der Waals surface area contributed by atoms with Crippen molar-refractivity contribution >= 4 is 17.7 Å². The minimum atomic E-state index is -0.340. The number of thioether (sulfide) groups is 1. The second-order valence-electron chi connectivity index (χ2n) is 10.1. The minimum absolute atomic E-state index is 0.00259. The van der Waals surface area contributed by atoms with E-state index in [9.17, 15) is 4.79 Å². The molecule has 1 amide bonds. The summed E-state index contributed by atoms with van der Waals surface area (Å²) in [5.41, 5.74) is 6.91. The fourth-order valence-electron chi connectivity index (χ4n) is 4.71. The maximum atomic E-state index is 13.3. The number of benzene rings is 4. The maximum absolute atomic E-state index is 13.3. The molecule has 0 aliphatic rings. The van der Waals surface area contributed by atoms with Crippen molar-refractivity contribution in [1.82, 2.24) is 20.1 Å². The van der Waals surface area contributed by atoms with Crippen molar-refractivity contribution in [3.63, 3.8) is 0 Å². The Morgan fingerprint density at radius 1 is 0.775 bits per heavy atom. The molecule has 1 atom stereocenters. The Kier molecular flexibility index (Phi) is 9.09. The van der Waals surface area contributed by atoms with Crippen LogP contribution < -0.4 is 5.32 Å². The van der Waals surface area contributed by atoms with Crippen molar-refractivity contribution in [1.29, 1.82) is 0 Å². The molecule has 0 aliphatic heterocycles. The van der Waals surface area contributed by atoms with E-state index in [0.29, 0.717) is 19.3 Å². The number of nitrogens with zero attached hydrogens (tertiary/aromatic N) is 3. The third-order valence-corrected chi connectivity index (χ3v) is 7.81. The number of hydrogen-bond acceptors (Lipinski definition) is 4. The topological polar surface area (TPSA) is 59.8 Å². The molecule has 0 saturated heterocycles. The fourth-order valence-corrected chi connectivity index (χ4v) is 5.61. The fraction of sp³-hybridized carbons (Fsp3) is 0.206. The Balaban J connectivity index is 1.46. The first-order valence-corrected chi connectivity index (χ1v) is 14.6. The van der Waals surface area contributed by atoms with Crippen molar-refractivity contribution in [2.24, 2.45) is 0 Å². The Hall–Kier alpha value is -4.16. The molecule has 1 aromatic heterocycles. The van der Waals surface area contributed by atoms with Crippen LogP contribution in [0.25, 0.3) is 5.69 Å². The molecule has 0 aliphatic carbocycles. The van der Waals surface area contributed by atoms with Gasteiger partial charge in [-0.1, -0.05) is 120 Å². The summed E-state index contributed by atoms with van der Waals surface area (Å²) in [6, 6.07) is 36.9. The van der Waals surface area contributed by atoms with Crippen molar-refractivity contribution in [2.45, 2.75) is 50.1 Å². The van der Waals surface area contributed by atoms with Gasteiger partial charge in [0.25, 0.3) is 0 Å². The molecule has 5 aromatic rings. The first kappa shape index (κ1) is 27.4. The lowest BCUT2D eigenvalue weighted by Crippen LogP contribution is -2.32. The Morgan fingerprint density at radius 3 is 2.15 bits per heavy atom. The van der Waals surface area contributed by atoms with E-state index in [0.717, 1.165) is 33.5 Å². The minimum Gasteiger partial charge on any atom is -0.346 e. The van der Waals surface area contributed by atoms with Crippen LogP contribution in [0, 0.1) is 13.8 Å². The summed E-state index contributed by atoms with van der Waals surface area (Å²) < 4.78 is 2.10. The van der Waals surface area contributed by atoms with Crippen LogP contribution in [0.5, 0.6) is 0 Å². The molecule has 6 heteroatoms. The SMILES string of the molecule is Cc1ccc(-n2c(SCc3cccc(C)c3)nnc2C(Cc2ccccc2)NC(=O)CCc2ccccc2)cc1. The van der Waals surface area contributed by atoms with E-state index in [2.05, 4.69) is 102 Å². The lowest BCUT2D eigenvalue weighted by atomic mass is 10.0. The molecule has 202 valence electrons. The first-order chi connectivity index (χ1) is 19.5. The third kappa shape index (κ3) is 7.27. The van der Waals surface area contributed by atoms with Crippen LogP contribution in [0.2, 0.25) is 0 Å². The maximum Gasteiger partial charge on any atom is 0.220 e. The summed E-state index contributed by atoms with van der Waals surface area (Å²) in [6.45, 7) is 4.19. The number of carbonyl (C=O) groups excluding carboxylic acids is 1. The Morgan fingerprint density at radius 2 is 1.45 bits per heavy atom. The molecular formula is C34H34N4OS. The summed E-state index contributed by atoms with van der Waals surface area (Å²) in [7, 11) is 0. The summed E-state index contributed by atoms with van der Waals surface area (Å²) in [4.78, 5) is 13.3. The number of nitrogens with one attached hydrogen (secondary N) is 1. The van der Waals surface area contributed by atoms with E-state index in [1.165, 1.54) is 16.7 Å². The van der Waals surface area contributed by atoms with Gasteiger partial charge < -0.3 is 5.32 Å². The molecule has 1 N–H and O–H groups in total. The van der Waals surface area contributed by atoms with Gasteiger partial charge in [-0.05, 0) is 55.5 Å². The number of aryl methyl sites for hydroxylation is 3. The van der Waals surface area contributed by atoms with Crippen molar-refractivity contribution < 1.29 is 4.79 Å². The zero-order valence-electron chi connectivity index (χ0n) is 23.0. The van der Waals surface area contributed by atoms with E-state index in [1.54, 1.807) is 11.8 Å². The third-order valence-electron chi connectivity index (χ3n) is 6.81. The predicted molar refractivity (Wildman–Crippen MR) is 163 cm³/mol. The summed E-state index contributed by atoms with van der Waals surface area (Å²) in [5.74, 6) is 1.50. The van der Waals surface area contributed by atoms with E-state index in [4.69, 9.17) is 5.10 Å². The van der Waals surface area contributed by atoms with Crippen LogP contribution in [-0.2, 0) is 23.4 Å². The van der Waals surface area contributed by atoms with Crippen molar-refractivity contribution in [2.75, 3.05) is 0 Å². The average Bonchev–Trinajstić information content (AvgIpc) is 3.40. The van der Waals surface area contributed by atoms with Gasteiger partial charge >= 0.3 is 0 Å². The normalized spacial score (nSPS) is 11.8. The van der Waals surface area contributed by atoms with Crippen LogP contribution in [-0.4, -0.2) is 20.7 Å². The molecule has 5 rings (SSSR count). The monoisotopic (exact) mass is 546 g/mol. The van der Waals surface area contributed by atoms with Crippen LogP contribution in [0.4, 0.5) is 0 Å². The quantitative estimate of drug-likeness (QED) is 0.178. The number of aromatic nitrogens is 3. The molecule has 1 heterocycles. The van der Waals surface area contributed by atoms with Gasteiger partial charge in [0.1, 0.15) is 0 Å². The van der Waals surface area contributed by atoms with Gasteiger partial charge in [0, 0.05) is 17.9 Å². The molecule has 4 aromatic carbocycles. The lowest BCUT2D eigenvalue weighted by molar-refractivity contribution is -0.121. The van der Waals surface area contributed by atoms with Gasteiger partial charge in [0.05, 0.1) is 6.04 Å². The summed E-state index contributed by atoms with van der Waals surface area (Å²) >= 11 is 1.66. The van der Waals surface area contributed by atoms with Crippen LogP contribution in [0.3, 0.4) is 0 Å². The Bertz CT molecular complexity index is 1530. The van der Waals surface area contributed by atoms with Crippen molar-refractivity contribution in [3.8, 4) is 5.69 Å². The first-order valence-electron chi connectivity index (χ1n) is 13.6. The number of amides is 1. The van der Waals surface area contributed by atoms with Crippen molar-refractivity contribution in [3.05, 3.63) is 143 Å². The zero-order valence-corrected chi connectivity index (χ0v) is 23.8. The average molecular weight is 547 g/mol. The number of hydrogen-bond donors (Lipinski definition) is 1. The van der Waals surface area contributed by atoms with Gasteiger partial charge in [-0.25, -0.2) is 0 Å². The van der Waals surface area contributed by atoms with E-state index >= 15 is 0 Å². The van der Waals surface area contributed by atoms with Gasteiger partial charge in [-0.2, -0.15) is 0 Å². The molecule has 0 spiro atoms. The molecule has 0 fully saturated rings. The van der Waals surface area contributed by atoms with E-state index in [1.807, 2.05) is 36.4 Å². The molecule has 0 saturated carbocycles. The van der Waals surface area contributed by atoms with Crippen LogP contribution in [0.15, 0.2) is 114 Å². The van der Waals surface area contributed by atoms with Crippen LogP contribution in [0.1, 0.15) is 46.1 Å². The van der Waals surface area contributed by atoms with Gasteiger partial charge in [0.2, 0.25) is 5.91 Å². The molecule has 40 heavy (non-hydrogen) atoms. The molecule has 0 radical (unpaired) electrons. The second kappa shape index (κ2) is 13.3. The van der Waals surface area contributed by atoms with E-state index < -0.39 is 0 Å². The van der Waals surface area contributed by atoms with Crippen LogP contribution >= 0.6 is 11.8 Å². The number of carbonyl (C=O) groups is 1. The smallest absolute Gasteiger partial charge is 0.220 e. The highest BCUT2D eigenvalue weighted by Crippen LogP contribution is 2.29. The highest BCUT2D eigenvalue weighted by atomic mass is 32.2. The van der Waals surface area contributed by atoms with Gasteiger partial charge in [-0.3, -0.25) is 9.36 Å². The highest BCUT2D eigenvalue weighted by Gasteiger charge is 2.25. The summed E-state index contributed by atoms with van der Waals surface area (Å²) in [6.07, 6.45) is 1.71. The van der Waals surface area contributed by atoms with E-state index in [-0.39, 0.29) is 11.9 Å². The predicted octanol–water partition coefficient (Wildman–Crippen LogP) is 7.21. The molecular weight excluding hydrogens is 512 g/mol. The zero-order chi connectivity index (χ0) is 27.7. The highest BCUT2D eigenvalue weighted by molar-refractivity contribution is 7.98. The Labute approximate surface area is 240 Å². The molecule has 5 nitrogen and oxygen atoms in total. The summed E-state index contributed by atoms with van der Waals surface area (Å²) in [5, 5.41) is 13.4. The standard InChI is InChI=1S/C34H34N4OS/c1-25-16-19-30(20-17-25)38-33(36-37-34(38)40-24-29-15-9-10-26(2)22-29)31(23-28-13-7-4-8-14-28)35-32(39)21-18-27-11-5-3-6-12-27/h3-17,19-20,22,31H,18,21,23-24H2,1-2H3,(H,35,39). The molecule has 1 unspecified atom stereocenters. The molecule has 0 bridgehead atoms. The second-order valence-corrected chi connectivity index (χ2v) is 11.0. The van der Waals surface area contributed by atoms with Gasteiger partial charge in [0.15, 0.2) is 11.0 Å². The largest absolute Gasteiger partial charge is 0.346 e. The lowest BCUT2D eigenvalue weighted by Gasteiger charge is -2.20. The number of rotatable bonds is 11.